The van der Waals surface area contributed by atoms with Gasteiger partial charge in [-0.1, -0.05) is 12.1 Å². The van der Waals surface area contributed by atoms with Crippen LogP contribution in [-0.2, 0) is 10.7 Å². The summed E-state index contributed by atoms with van der Waals surface area (Å²) in [5.74, 6) is -0.956. The first kappa shape index (κ1) is 13.5. The van der Waals surface area contributed by atoms with Gasteiger partial charge >= 0.3 is 0 Å². The van der Waals surface area contributed by atoms with Crippen LogP contribution in [0, 0.1) is 0 Å². The van der Waals surface area contributed by atoms with E-state index in [1.165, 1.54) is 0 Å². The summed E-state index contributed by atoms with van der Waals surface area (Å²) in [6.45, 7) is -0.209. The van der Waals surface area contributed by atoms with Crippen LogP contribution >= 0.6 is 11.6 Å². The predicted octanol–water partition coefficient (Wildman–Crippen LogP) is 0.00140. The van der Waals surface area contributed by atoms with Crippen LogP contribution in [0.3, 0.4) is 0 Å². The summed E-state index contributed by atoms with van der Waals surface area (Å²) in [4.78, 5) is 22.2. The van der Waals surface area contributed by atoms with Crippen molar-refractivity contribution < 1.29 is 14.7 Å². The molecule has 2 amide bonds. The van der Waals surface area contributed by atoms with Crippen LogP contribution in [0.5, 0.6) is 0 Å². The summed E-state index contributed by atoms with van der Waals surface area (Å²) >= 11 is 5.64. The van der Waals surface area contributed by atoms with E-state index in [2.05, 4.69) is 5.32 Å². The molecule has 0 saturated carbocycles. The Morgan fingerprint density at radius 2 is 2.18 bits per heavy atom. The Kier molecular flexibility index (Phi) is 4.93. The van der Waals surface area contributed by atoms with Gasteiger partial charge in [-0.15, -0.1) is 11.6 Å². The number of amides is 2. The number of aliphatic hydroxyl groups excluding tert-OH is 1. The zero-order valence-electron chi connectivity index (χ0n) is 9.02. The summed E-state index contributed by atoms with van der Waals surface area (Å²) in [6.07, 6.45) is -1.38. The van der Waals surface area contributed by atoms with E-state index in [4.69, 9.17) is 22.4 Å². The number of nitrogens with two attached hydrogens (primary N) is 1. The Hall–Kier alpha value is -1.59. The molecule has 0 aliphatic heterocycles. The molecule has 0 radical (unpaired) electrons. The third-order valence-corrected chi connectivity index (χ3v) is 2.44. The maximum atomic E-state index is 11.6. The van der Waals surface area contributed by atoms with Crippen LogP contribution in [0.15, 0.2) is 24.3 Å². The van der Waals surface area contributed by atoms with Crippen molar-refractivity contribution in [1.29, 1.82) is 0 Å². The van der Waals surface area contributed by atoms with E-state index in [9.17, 15) is 9.59 Å². The summed E-state index contributed by atoms with van der Waals surface area (Å²) in [7, 11) is 0. The Bertz CT molecular complexity index is 423. The molecule has 6 heteroatoms. The predicted molar refractivity (Wildman–Crippen MR) is 63.5 cm³/mol. The van der Waals surface area contributed by atoms with E-state index >= 15 is 0 Å². The Labute approximate surface area is 104 Å². The van der Waals surface area contributed by atoms with Gasteiger partial charge in [0.1, 0.15) is 6.10 Å². The van der Waals surface area contributed by atoms with E-state index in [0.717, 1.165) is 5.56 Å². The SMILES string of the molecule is NC(=O)C(O)CNC(=O)c1cccc(CCl)c1. The first-order valence-electron chi connectivity index (χ1n) is 4.95. The fraction of sp³-hybridized carbons (Fsp3) is 0.273. The molecule has 0 bridgehead atoms. The molecule has 1 atom stereocenters. The summed E-state index contributed by atoms with van der Waals surface area (Å²) < 4.78 is 0. The van der Waals surface area contributed by atoms with Crippen molar-refractivity contribution >= 4 is 23.4 Å². The standard InChI is InChI=1S/C11H13ClN2O3/c12-5-7-2-1-3-8(4-7)11(17)14-6-9(15)10(13)16/h1-4,9,15H,5-6H2,(H2,13,16)(H,14,17). The van der Waals surface area contributed by atoms with Gasteiger partial charge in [-0.2, -0.15) is 0 Å². The van der Waals surface area contributed by atoms with Gasteiger partial charge in [-0.25, -0.2) is 0 Å². The van der Waals surface area contributed by atoms with Crippen molar-refractivity contribution in [2.75, 3.05) is 6.54 Å². The summed E-state index contributed by atoms with van der Waals surface area (Å²) in [6, 6.07) is 6.75. The van der Waals surface area contributed by atoms with Gasteiger partial charge < -0.3 is 16.2 Å². The normalized spacial score (nSPS) is 11.9. The summed E-state index contributed by atoms with van der Waals surface area (Å²) in [5, 5.41) is 11.5. The second-order valence-electron chi connectivity index (χ2n) is 3.46. The van der Waals surface area contributed by atoms with Gasteiger partial charge in [0.15, 0.2) is 0 Å². The van der Waals surface area contributed by atoms with E-state index in [1.54, 1.807) is 24.3 Å². The first-order chi connectivity index (χ1) is 8.04. The van der Waals surface area contributed by atoms with Crippen molar-refractivity contribution in [1.82, 2.24) is 5.32 Å². The van der Waals surface area contributed by atoms with Crippen LogP contribution in [0.4, 0.5) is 0 Å². The van der Waals surface area contributed by atoms with E-state index < -0.39 is 17.9 Å². The first-order valence-corrected chi connectivity index (χ1v) is 5.48. The fourth-order valence-corrected chi connectivity index (χ4v) is 1.35. The van der Waals surface area contributed by atoms with Crippen molar-refractivity contribution in [2.45, 2.75) is 12.0 Å². The van der Waals surface area contributed by atoms with Gasteiger partial charge in [-0.05, 0) is 17.7 Å². The molecule has 0 saturated heterocycles. The lowest BCUT2D eigenvalue weighted by Gasteiger charge is -2.08. The molecule has 0 aliphatic carbocycles. The number of halogens is 1. The van der Waals surface area contributed by atoms with Gasteiger partial charge in [0.25, 0.3) is 5.91 Å². The molecule has 0 aliphatic rings. The monoisotopic (exact) mass is 256 g/mol. The third kappa shape index (κ3) is 4.05. The lowest BCUT2D eigenvalue weighted by molar-refractivity contribution is -0.125. The smallest absolute Gasteiger partial charge is 0.251 e. The number of carbonyl (C=O) groups excluding carboxylic acids is 2. The molecule has 0 aromatic heterocycles. The second-order valence-corrected chi connectivity index (χ2v) is 3.73. The number of rotatable bonds is 5. The number of aliphatic hydroxyl groups is 1. The van der Waals surface area contributed by atoms with Crippen molar-refractivity contribution in [3.8, 4) is 0 Å². The van der Waals surface area contributed by atoms with Gasteiger partial charge in [0, 0.05) is 11.4 Å². The van der Waals surface area contributed by atoms with Crippen molar-refractivity contribution in [2.24, 2.45) is 5.73 Å². The number of benzene rings is 1. The molecular weight excluding hydrogens is 244 g/mol. The average Bonchev–Trinajstić information content (AvgIpc) is 2.35. The lowest BCUT2D eigenvalue weighted by Crippen LogP contribution is -2.39. The number of primary amides is 1. The Balaban J connectivity index is 2.60. The maximum Gasteiger partial charge on any atom is 0.251 e. The zero-order chi connectivity index (χ0) is 12.8. The molecule has 0 spiro atoms. The number of alkyl halides is 1. The van der Waals surface area contributed by atoms with Crippen LogP contribution in [0.2, 0.25) is 0 Å². The number of nitrogens with one attached hydrogen (secondary N) is 1. The highest BCUT2D eigenvalue weighted by molar-refractivity contribution is 6.17. The van der Waals surface area contributed by atoms with Crippen LogP contribution in [-0.4, -0.2) is 29.6 Å². The Morgan fingerprint density at radius 1 is 1.47 bits per heavy atom. The Morgan fingerprint density at radius 3 is 2.76 bits per heavy atom. The van der Waals surface area contributed by atoms with Gasteiger partial charge in [-0.3, -0.25) is 9.59 Å². The largest absolute Gasteiger partial charge is 0.381 e. The molecular formula is C11H13ClN2O3. The number of hydrogen-bond donors (Lipinski definition) is 3. The van der Waals surface area contributed by atoms with Crippen molar-refractivity contribution in [3.05, 3.63) is 35.4 Å². The molecule has 0 fully saturated rings. The summed E-state index contributed by atoms with van der Waals surface area (Å²) in [5.41, 5.74) is 6.08. The molecule has 17 heavy (non-hydrogen) atoms. The van der Waals surface area contributed by atoms with Gasteiger partial charge in [0.2, 0.25) is 5.91 Å². The molecule has 1 aromatic rings. The lowest BCUT2D eigenvalue weighted by atomic mass is 10.1. The van der Waals surface area contributed by atoms with E-state index in [-0.39, 0.29) is 6.54 Å². The third-order valence-electron chi connectivity index (χ3n) is 2.13. The highest BCUT2D eigenvalue weighted by atomic mass is 35.5. The minimum absolute atomic E-state index is 0.209. The number of hydrogen-bond acceptors (Lipinski definition) is 3. The second kappa shape index (κ2) is 6.22. The minimum atomic E-state index is -1.38. The van der Waals surface area contributed by atoms with Crippen LogP contribution in [0.1, 0.15) is 15.9 Å². The quantitative estimate of drug-likeness (QED) is 0.648. The molecule has 0 heterocycles. The number of carbonyl (C=O) groups is 2. The minimum Gasteiger partial charge on any atom is -0.381 e. The van der Waals surface area contributed by atoms with Crippen LogP contribution < -0.4 is 11.1 Å². The average molecular weight is 257 g/mol. The zero-order valence-corrected chi connectivity index (χ0v) is 9.78. The fourth-order valence-electron chi connectivity index (χ4n) is 1.19. The van der Waals surface area contributed by atoms with E-state index in [0.29, 0.717) is 11.4 Å². The maximum absolute atomic E-state index is 11.6. The highest BCUT2D eigenvalue weighted by Gasteiger charge is 2.13. The van der Waals surface area contributed by atoms with Crippen molar-refractivity contribution in [3.63, 3.8) is 0 Å². The van der Waals surface area contributed by atoms with Gasteiger partial charge in [0.05, 0.1) is 6.54 Å². The topological polar surface area (TPSA) is 92.4 Å². The molecule has 1 unspecified atom stereocenters. The highest BCUT2D eigenvalue weighted by Crippen LogP contribution is 2.07. The van der Waals surface area contributed by atoms with E-state index in [1.807, 2.05) is 0 Å². The molecule has 1 rings (SSSR count). The molecule has 1 aromatic carbocycles. The molecule has 4 N–H and O–H groups in total. The molecule has 5 nitrogen and oxygen atoms in total. The van der Waals surface area contributed by atoms with Crippen LogP contribution in [0.25, 0.3) is 0 Å². The molecule has 92 valence electrons.